The molecule has 0 fully saturated rings. The van der Waals surface area contributed by atoms with Crippen molar-refractivity contribution in [2.24, 2.45) is 0 Å². The highest BCUT2D eigenvalue weighted by molar-refractivity contribution is 7.85. The van der Waals surface area contributed by atoms with Crippen LogP contribution in [-0.4, -0.2) is 41.9 Å². The molecule has 0 bridgehead atoms. The molecule has 0 aromatic heterocycles. The van der Waals surface area contributed by atoms with Gasteiger partial charge in [0.2, 0.25) is 5.91 Å². The average Bonchev–Trinajstić information content (AvgIpc) is 3.05. The third-order valence-electron chi connectivity index (χ3n) is 9.05. The van der Waals surface area contributed by atoms with E-state index in [9.17, 15) is 22.9 Å². The second kappa shape index (κ2) is 35.4. The van der Waals surface area contributed by atoms with Crippen LogP contribution in [0.15, 0.2) is 36.5 Å². The number of aliphatic hydroxyl groups is 1. The van der Waals surface area contributed by atoms with E-state index in [1.807, 2.05) is 0 Å². The minimum absolute atomic E-state index is 0.288. The van der Waals surface area contributed by atoms with Gasteiger partial charge in [-0.05, 0) is 44.9 Å². The third kappa shape index (κ3) is 35.9. The van der Waals surface area contributed by atoms with Gasteiger partial charge in [-0.3, -0.25) is 9.35 Å². The lowest BCUT2D eigenvalue weighted by Crippen LogP contribution is -2.46. The summed E-state index contributed by atoms with van der Waals surface area (Å²) in [5, 5.41) is 13.2. The van der Waals surface area contributed by atoms with Crippen LogP contribution < -0.4 is 5.32 Å². The van der Waals surface area contributed by atoms with Crippen LogP contribution in [-0.2, 0) is 14.9 Å². The van der Waals surface area contributed by atoms with Crippen LogP contribution >= 0.6 is 0 Å². The van der Waals surface area contributed by atoms with E-state index in [1.165, 1.54) is 141 Å². The summed E-state index contributed by atoms with van der Waals surface area (Å²) in [7, 11) is -4.35. The number of unbranched alkanes of at least 4 members (excludes halogenated alkanes) is 24. The Balaban J connectivity index is 3.98. The van der Waals surface area contributed by atoms with Crippen LogP contribution in [0.25, 0.3) is 0 Å². The van der Waals surface area contributed by atoms with Gasteiger partial charge in [-0.1, -0.05) is 185 Å². The van der Waals surface area contributed by atoms with Crippen molar-refractivity contribution in [2.75, 3.05) is 5.75 Å². The van der Waals surface area contributed by atoms with Crippen molar-refractivity contribution < 1.29 is 22.9 Å². The van der Waals surface area contributed by atoms with E-state index >= 15 is 0 Å². The van der Waals surface area contributed by atoms with Gasteiger partial charge in [0, 0.05) is 6.42 Å². The first-order valence-electron chi connectivity index (χ1n) is 20.2. The monoisotopic (exact) mass is 696 g/mol. The lowest BCUT2D eigenvalue weighted by molar-refractivity contribution is -0.122. The number of rotatable bonds is 36. The highest BCUT2D eigenvalue weighted by Crippen LogP contribution is 2.15. The Morgan fingerprint density at radius 3 is 1.31 bits per heavy atom. The molecule has 0 aromatic rings. The lowest BCUT2D eigenvalue weighted by atomic mass is 10.0. The Morgan fingerprint density at radius 2 is 0.896 bits per heavy atom. The van der Waals surface area contributed by atoms with Crippen LogP contribution in [0.1, 0.15) is 200 Å². The number of aliphatic hydroxyl groups excluding tert-OH is 1. The van der Waals surface area contributed by atoms with Crippen LogP contribution in [0.2, 0.25) is 0 Å². The molecule has 0 aliphatic rings. The number of carbonyl (C=O) groups is 1. The molecular weight excluding hydrogens is 619 g/mol. The van der Waals surface area contributed by atoms with Crippen LogP contribution in [0, 0.1) is 0 Å². The second-order valence-electron chi connectivity index (χ2n) is 13.9. The van der Waals surface area contributed by atoms with Crippen molar-refractivity contribution in [1.82, 2.24) is 5.32 Å². The average molecular weight is 696 g/mol. The molecule has 2 atom stereocenters. The summed E-state index contributed by atoms with van der Waals surface area (Å²) in [6.07, 6.45) is 45.6. The summed E-state index contributed by atoms with van der Waals surface area (Å²) < 4.78 is 32.4. The molecule has 0 rings (SSSR count). The maximum atomic E-state index is 12.5. The SMILES string of the molecule is CCCCCCCC/C=C/CC/C=C/CC/C=C/C(O)C(CS(=O)(=O)O)NC(=O)CCCCCCCCCCCCCCCCCCC. The lowest BCUT2D eigenvalue weighted by Gasteiger charge is -2.21. The van der Waals surface area contributed by atoms with Gasteiger partial charge < -0.3 is 10.4 Å². The van der Waals surface area contributed by atoms with E-state index in [2.05, 4.69) is 43.5 Å². The van der Waals surface area contributed by atoms with Crippen LogP contribution in [0.5, 0.6) is 0 Å². The molecular formula is C41H77NO5S. The largest absolute Gasteiger partial charge is 0.387 e. The van der Waals surface area contributed by atoms with Gasteiger partial charge in [-0.15, -0.1) is 0 Å². The topological polar surface area (TPSA) is 104 Å². The van der Waals surface area contributed by atoms with Crippen molar-refractivity contribution in [2.45, 2.75) is 212 Å². The number of allylic oxidation sites excluding steroid dienone is 5. The molecule has 1 amide bonds. The van der Waals surface area contributed by atoms with Crippen molar-refractivity contribution in [1.29, 1.82) is 0 Å². The zero-order valence-electron chi connectivity index (χ0n) is 31.4. The highest BCUT2D eigenvalue weighted by Gasteiger charge is 2.24. The van der Waals surface area contributed by atoms with Crippen LogP contribution in [0.4, 0.5) is 0 Å². The standard InChI is InChI=1S/C41H77NO5S/c1-3-5-7-9-11-13-15-17-19-21-23-25-27-29-31-33-35-37-41(44)42-39(38-48(45,46)47)40(43)36-34-32-30-28-26-24-22-20-18-16-14-12-10-8-6-4-2/h18,20,26,28,34,36,39-40,43H,3-17,19,21-25,27,29-33,35,37-38H2,1-2H3,(H,42,44)(H,45,46,47)/b20-18+,28-26+,36-34+. The summed E-state index contributed by atoms with van der Waals surface area (Å²) in [5.74, 6) is -1.00. The van der Waals surface area contributed by atoms with Crippen LogP contribution in [0.3, 0.4) is 0 Å². The van der Waals surface area contributed by atoms with Gasteiger partial charge >= 0.3 is 0 Å². The quantitative estimate of drug-likeness (QED) is 0.0344. The van der Waals surface area contributed by atoms with E-state index in [0.717, 1.165) is 38.5 Å². The minimum atomic E-state index is -4.35. The van der Waals surface area contributed by atoms with Crippen molar-refractivity contribution in [3.63, 3.8) is 0 Å². The molecule has 282 valence electrons. The van der Waals surface area contributed by atoms with Gasteiger partial charge in [-0.25, -0.2) is 0 Å². The smallest absolute Gasteiger partial charge is 0.267 e. The van der Waals surface area contributed by atoms with Gasteiger partial charge in [-0.2, -0.15) is 8.42 Å². The molecule has 3 N–H and O–H groups in total. The fraction of sp³-hybridized carbons (Fsp3) is 0.829. The molecule has 6 nitrogen and oxygen atoms in total. The summed E-state index contributed by atoms with van der Waals surface area (Å²) in [4.78, 5) is 12.5. The van der Waals surface area contributed by atoms with Crippen molar-refractivity contribution in [3.8, 4) is 0 Å². The van der Waals surface area contributed by atoms with Crippen molar-refractivity contribution in [3.05, 3.63) is 36.5 Å². The van der Waals surface area contributed by atoms with Crippen molar-refractivity contribution >= 4 is 16.0 Å². The molecule has 0 aliphatic carbocycles. The molecule has 0 aliphatic heterocycles. The molecule has 0 radical (unpaired) electrons. The van der Waals surface area contributed by atoms with E-state index in [0.29, 0.717) is 6.42 Å². The Morgan fingerprint density at radius 1 is 0.542 bits per heavy atom. The zero-order valence-corrected chi connectivity index (χ0v) is 32.2. The number of hydrogen-bond donors (Lipinski definition) is 3. The molecule has 7 heteroatoms. The Hall–Kier alpha value is -1.44. The minimum Gasteiger partial charge on any atom is -0.387 e. The number of amides is 1. The predicted octanol–water partition coefficient (Wildman–Crippen LogP) is 11.7. The van der Waals surface area contributed by atoms with E-state index in [1.54, 1.807) is 6.08 Å². The first-order valence-corrected chi connectivity index (χ1v) is 21.8. The van der Waals surface area contributed by atoms with Gasteiger partial charge in [0.25, 0.3) is 10.1 Å². The Kier molecular flexibility index (Phi) is 34.3. The van der Waals surface area contributed by atoms with Gasteiger partial charge in [0.1, 0.15) is 0 Å². The highest BCUT2D eigenvalue weighted by atomic mass is 32.2. The Labute approximate surface area is 297 Å². The normalized spacial score (nSPS) is 13.7. The summed E-state index contributed by atoms with van der Waals surface area (Å²) >= 11 is 0. The molecule has 0 saturated carbocycles. The molecule has 48 heavy (non-hydrogen) atoms. The summed E-state index contributed by atoms with van der Waals surface area (Å²) in [6, 6.07) is -1.08. The summed E-state index contributed by atoms with van der Waals surface area (Å²) in [6.45, 7) is 4.51. The second-order valence-corrected chi connectivity index (χ2v) is 15.4. The Bertz CT molecular complexity index is 899. The third-order valence-corrected chi connectivity index (χ3v) is 9.83. The first-order chi connectivity index (χ1) is 23.3. The maximum Gasteiger partial charge on any atom is 0.267 e. The molecule has 0 heterocycles. The molecule has 0 aromatic carbocycles. The first kappa shape index (κ1) is 46.6. The van der Waals surface area contributed by atoms with Gasteiger partial charge in [0.05, 0.1) is 17.9 Å². The zero-order chi connectivity index (χ0) is 35.4. The van der Waals surface area contributed by atoms with E-state index in [4.69, 9.17) is 0 Å². The summed E-state index contributed by atoms with van der Waals surface area (Å²) in [5.41, 5.74) is 0. The number of nitrogens with one attached hydrogen (secondary N) is 1. The molecule has 0 spiro atoms. The maximum absolute atomic E-state index is 12.5. The molecule has 2 unspecified atom stereocenters. The van der Waals surface area contributed by atoms with E-state index < -0.39 is 28.0 Å². The van der Waals surface area contributed by atoms with Gasteiger partial charge in [0.15, 0.2) is 0 Å². The fourth-order valence-electron chi connectivity index (χ4n) is 6.01. The molecule has 0 saturated heterocycles. The fourth-order valence-corrected chi connectivity index (χ4v) is 6.74. The number of hydrogen-bond acceptors (Lipinski definition) is 4. The van der Waals surface area contributed by atoms with E-state index in [-0.39, 0.29) is 12.3 Å². The number of carbonyl (C=O) groups excluding carboxylic acids is 1. The predicted molar refractivity (Wildman–Crippen MR) is 207 cm³/mol.